The Morgan fingerprint density at radius 3 is 2.45 bits per heavy atom. The van der Waals surface area contributed by atoms with Crippen molar-refractivity contribution in [3.63, 3.8) is 0 Å². The van der Waals surface area contributed by atoms with E-state index in [2.05, 4.69) is 27.8 Å². The predicted molar refractivity (Wildman–Crippen MR) is 182 cm³/mol. The zero-order valence-electron chi connectivity index (χ0n) is 27.8. The number of hydrogen-bond acceptors (Lipinski definition) is 7. The summed E-state index contributed by atoms with van der Waals surface area (Å²) in [5, 5.41) is 7.50. The van der Waals surface area contributed by atoms with Gasteiger partial charge < -0.3 is 34.7 Å². The number of anilines is 1. The van der Waals surface area contributed by atoms with Crippen LogP contribution < -0.4 is 30.3 Å². The van der Waals surface area contributed by atoms with Crippen molar-refractivity contribution in [1.29, 1.82) is 0 Å². The summed E-state index contributed by atoms with van der Waals surface area (Å²) in [7, 11) is 4.70. The van der Waals surface area contributed by atoms with Gasteiger partial charge in [-0.05, 0) is 59.7 Å². The fourth-order valence-corrected chi connectivity index (χ4v) is 7.06. The average molecular weight is 639 g/mol. The van der Waals surface area contributed by atoms with E-state index in [0.29, 0.717) is 54.4 Å². The highest BCUT2D eigenvalue weighted by Gasteiger charge is 2.33. The van der Waals surface area contributed by atoms with Gasteiger partial charge >= 0.3 is 0 Å². The van der Waals surface area contributed by atoms with Gasteiger partial charge in [0, 0.05) is 54.2 Å². The number of aromatic nitrogens is 1. The Morgan fingerprint density at radius 2 is 1.74 bits per heavy atom. The number of para-hydroxylation sites is 1. The van der Waals surface area contributed by atoms with E-state index >= 15 is 0 Å². The van der Waals surface area contributed by atoms with Crippen LogP contribution in [0.25, 0.3) is 22.0 Å². The van der Waals surface area contributed by atoms with Crippen LogP contribution in [0.5, 0.6) is 17.2 Å². The maximum atomic E-state index is 14.1. The van der Waals surface area contributed by atoms with Crippen LogP contribution in [-0.4, -0.2) is 55.6 Å². The van der Waals surface area contributed by atoms with E-state index in [1.807, 2.05) is 43.0 Å². The van der Waals surface area contributed by atoms with Gasteiger partial charge in [-0.25, -0.2) is 0 Å². The highest BCUT2D eigenvalue weighted by molar-refractivity contribution is 5.89. The average Bonchev–Trinajstić information content (AvgIpc) is 3.27. The van der Waals surface area contributed by atoms with E-state index in [4.69, 9.17) is 14.2 Å². The van der Waals surface area contributed by atoms with Gasteiger partial charge in [0.25, 0.3) is 0 Å². The third kappa shape index (κ3) is 5.88. The lowest BCUT2D eigenvalue weighted by Gasteiger charge is -2.32. The molecule has 2 heterocycles. The second-order valence-corrected chi connectivity index (χ2v) is 12.6. The number of H-pyrrole nitrogens is 1. The Bertz CT molecular complexity index is 1920. The molecule has 0 saturated carbocycles. The summed E-state index contributed by atoms with van der Waals surface area (Å²) in [5.74, 6) is 1.11. The predicted octanol–water partition coefficient (Wildman–Crippen LogP) is 5.37. The van der Waals surface area contributed by atoms with Gasteiger partial charge in [0.1, 0.15) is 6.04 Å². The molecule has 2 amide bonds. The van der Waals surface area contributed by atoms with Crippen molar-refractivity contribution >= 4 is 28.4 Å². The third-order valence-electron chi connectivity index (χ3n) is 9.35. The smallest absolute Gasteiger partial charge is 0.245 e. The van der Waals surface area contributed by atoms with Crippen LogP contribution in [0.3, 0.4) is 0 Å². The molecule has 3 N–H and O–H groups in total. The van der Waals surface area contributed by atoms with E-state index < -0.39 is 12.1 Å². The first-order valence-electron chi connectivity index (χ1n) is 16.1. The molecule has 47 heavy (non-hydrogen) atoms. The largest absolute Gasteiger partial charge is 0.493 e. The van der Waals surface area contributed by atoms with Crippen LogP contribution in [0.2, 0.25) is 0 Å². The maximum absolute atomic E-state index is 14.1. The number of carbonyl (C=O) groups is 2. The number of hydrogen-bond donors (Lipinski definition) is 3. The molecule has 0 bridgehead atoms. The monoisotopic (exact) mass is 638 g/mol. The van der Waals surface area contributed by atoms with Crippen molar-refractivity contribution in [2.24, 2.45) is 5.92 Å². The number of nitrogens with one attached hydrogen (secondary N) is 3. The molecule has 2 aliphatic rings. The standard InChI is InChI=1S/C37H42N4O6/c1-20(2)34(37(44)41-16-15-29-26(19-41)23-9-7-8-10-27(23)39-29)40-30-14-12-24-25(18-31(30)43)28(38-21(3)42)13-11-22-17-32(45-4)35(46-5)36(47-6)33(22)24/h7-10,12,14,17-18,20,28,34,39H,11,13,15-16,19H2,1-6H3,(H,38,42)(H,40,43)/t28-,34-/m1/s1. The fourth-order valence-electron chi connectivity index (χ4n) is 7.06. The minimum atomic E-state index is -0.631. The summed E-state index contributed by atoms with van der Waals surface area (Å²) in [6.45, 7) is 6.52. The summed E-state index contributed by atoms with van der Waals surface area (Å²) in [6.07, 6.45) is 1.90. The Balaban J connectivity index is 1.40. The van der Waals surface area contributed by atoms with Crippen molar-refractivity contribution in [2.45, 2.75) is 58.7 Å². The molecule has 10 heteroatoms. The summed E-state index contributed by atoms with van der Waals surface area (Å²) >= 11 is 0. The number of ether oxygens (including phenoxy) is 3. The minimum Gasteiger partial charge on any atom is -0.493 e. The molecular formula is C37H42N4O6. The van der Waals surface area contributed by atoms with Gasteiger partial charge in [-0.15, -0.1) is 0 Å². The van der Waals surface area contributed by atoms with Crippen molar-refractivity contribution < 1.29 is 23.8 Å². The first-order valence-corrected chi connectivity index (χ1v) is 16.1. The van der Waals surface area contributed by atoms with Gasteiger partial charge in [0.15, 0.2) is 11.5 Å². The minimum absolute atomic E-state index is 0.0524. The van der Waals surface area contributed by atoms with E-state index in [1.165, 1.54) is 12.6 Å². The first kappa shape index (κ1) is 32.0. The molecule has 1 aliphatic carbocycles. The third-order valence-corrected chi connectivity index (χ3v) is 9.35. The number of rotatable bonds is 8. The van der Waals surface area contributed by atoms with E-state index in [9.17, 15) is 14.4 Å². The molecule has 6 rings (SSSR count). The van der Waals surface area contributed by atoms with E-state index in [1.54, 1.807) is 33.5 Å². The number of amides is 2. The SMILES string of the molecule is COc1cc2c(c(OC)c1OC)-c1ccc(N[C@@H](C(=O)N3CCc4[nH]c5ccccc5c4C3)C(C)C)c(=O)cc1[C@H](NC(C)=O)CC2. The van der Waals surface area contributed by atoms with Gasteiger partial charge in [-0.3, -0.25) is 14.4 Å². The van der Waals surface area contributed by atoms with Gasteiger partial charge in [-0.2, -0.15) is 0 Å². The number of nitrogens with zero attached hydrogens (tertiary/aromatic N) is 1. The van der Waals surface area contributed by atoms with Crippen molar-refractivity contribution in [1.82, 2.24) is 15.2 Å². The van der Waals surface area contributed by atoms with Crippen molar-refractivity contribution in [3.8, 4) is 28.4 Å². The molecule has 1 aromatic heterocycles. The topological polar surface area (TPSA) is 122 Å². The molecule has 1 aliphatic heterocycles. The quantitative estimate of drug-likeness (QED) is 0.237. The Hall–Kier alpha value is -4.99. The van der Waals surface area contributed by atoms with Gasteiger partial charge in [-0.1, -0.05) is 38.1 Å². The first-order chi connectivity index (χ1) is 22.6. The molecule has 0 radical (unpaired) electrons. The highest BCUT2D eigenvalue weighted by atomic mass is 16.5. The summed E-state index contributed by atoms with van der Waals surface area (Å²) in [6, 6.07) is 14.2. The number of benzene rings is 2. The van der Waals surface area contributed by atoms with Crippen LogP contribution in [0.15, 0.2) is 53.3 Å². The van der Waals surface area contributed by atoms with Crippen LogP contribution >= 0.6 is 0 Å². The van der Waals surface area contributed by atoms with E-state index in [-0.39, 0.29) is 23.2 Å². The highest BCUT2D eigenvalue weighted by Crippen LogP contribution is 2.50. The summed E-state index contributed by atoms with van der Waals surface area (Å²) in [5.41, 5.74) is 6.52. The van der Waals surface area contributed by atoms with Crippen LogP contribution in [-0.2, 0) is 29.0 Å². The number of carbonyl (C=O) groups excluding carboxylic acids is 2. The Labute approximate surface area is 274 Å². The molecule has 2 atom stereocenters. The number of methoxy groups -OCH3 is 3. The second kappa shape index (κ2) is 13.0. The molecule has 246 valence electrons. The van der Waals surface area contributed by atoms with Gasteiger partial charge in [0.2, 0.25) is 23.0 Å². The van der Waals surface area contributed by atoms with Crippen LogP contribution in [0.4, 0.5) is 5.69 Å². The zero-order valence-corrected chi connectivity index (χ0v) is 27.8. The molecule has 0 unspecified atom stereocenters. The summed E-state index contributed by atoms with van der Waals surface area (Å²) in [4.78, 5) is 45.8. The van der Waals surface area contributed by atoms with E-state index in [0.717, 1.165) is 39.6 Å². The number of aromatic amines is 1. The fraction of sp³-hybridized carbons (Fsp3) is 0.378. The van der Waals surface area contributed by atoms with Crippen molar-refractivity contribution in [3.05, 3.63) is 81.1 Å². The second-order valence-electron chi connectivity index (χ2n) is 12.6. The molecule has 4 aromatic rings. The lowest BCUT2D eigenvalue weighted by molar-refractivity contribution is -0.133. The number of fused-ring (bicyclic) bond motifs is 6. The lowest BCUT2D eigenvalue weighted by atomic mass is 9.95. The molecular weight excluding hydrogens is 596 g/mol. The summed E-state index contributed by atoms with van der Waals surface area (Å²) < 4.78 is 17.2. The molecule has 0 fully saturated rings. The normalized spacial score (nSPS) is 16.0. The Morgan fingerprint density at radius 1 is 0.979 bits per heavy atom. The molecule has 0 saturated heterocycles. The molecule has 3 aromatic carbocycles. The zero-order chi connectivity index (χ0) is 33.4. The Kier molecular flexibility index (Phi) is 8.86. The number of aryl methyl sites for hydroxylation is 1. The molecule has 0 spiro atoms. The maximum Gasteiger partial charge on any atom is 0.245 e. The lowest BCUT2D eigenvalue weighted by Crippen LogP contribution is -2.47. The van der Waals surface area contributed by atoms with Crippen molar-refractivity contribution in [2.75, 3.05) is 33.2 Å². The van der Waals surface area contributed by atoms with Gasteiger partial charge in [0.05, 0.1) is 33.1 Å². The van der Waals surface area contributed by atoms with Crippen LogP contribution in [0, 0.1) is 5.92 Å². The molecule has 10 nitrogen and oxygen atoms in total. The van der Waals surface area contributed by atoms with Crippen LogP contribution in [0.1, 0.15) is 55.6 Å².